The average Bonchev–Trinajstić information content (AvgIpc) is 2.61. The van der Waals surface area contributed by atoms with Crippen LogP contribution in [-0.2, 0) is 14.3 Å². The second kappa shape index (κ2) is 4.94. The minimum atomic E-state index is -0.466. The Hall–Kier alpha value is -0.610. The molecule has 0 aromatic carbocycles. The molecular weight excluding hydrogens is 194 g/mol. The van der Waals surface area contributed by atoms with Gasteiger partial charge in [0.2, 0.25) is 0 Å². The molecule has 1 rings (SSSR count). The molecule has 0 radical (unpaired) electrons. The van der Waals surface area contributed by atoms with Crippen LogP contribution < -0.4 is 0 Å². The van der Waals surface area contributed by atoms with Gasteiger partial charge in [-0.2, -0.15) is 0 Å². The Morgan fingerprint density at radius 2 is 2.20 bits per heavy atom. The van der Waals surface area contributed by atoms with Crippen LogP contribution in [0.15, 0.2) is 0 Å². The summed E-state index contributed by atoms with van der Waals surface area (Å²) < 4.78 is 10.0. The summed E-state index contributed by atoms with van der Waals surface area (Å²) in [6.07, 6.45) is 1.91. The van der Waals surface area contributed by atoms with E-state index in [4.69, 9.17) is 9.47 Å². The molecule has 1 unspecified atom stereocenters. The summed E-state index contributed by atoms with van der Waals surface area (Å²) in [4.78, 5) is 13.9. The summed E-state index contributed by atoms with van der Waals surface area (Å²) in [6, 6.07) is 0.251. The van der Waals surface area contributed by atoms with Crippen molar-refractivity contribution in [3.63, 3.8) is 0 Å². The largest absolute Gasteiger partial charge is 0.468 e. The van der Waals surface area contributed by atoms with Crippen LogP contribution in [0.4, 0.5) is 0 Å². The molecule has 0 amide bonds. The maximum Gasteiger partial charge on any atom is 0.326 e. The Kier molecular flexibility index (Phi) is 4.11. The summed E-state index contributed by atoms with van der Waals surface area (Å²) in [6.45, 7) is 5.62. The van der Waals surface area contributed by atoms with Crippen LogP contribution >= 0.6 is 0 Å². The third-order valence-electron chi connectivity index (χ3n) is 3.26. The molecule has 0 spiro atoms. The Labute approximate surface area is 91.5 Å². The van der Waals surface area contributed by atoms with E-state index in [9.17, 15) is 4.79 Å². The topological polar surface area (TPSA) is 38.8 Å². The minimum Gasteiger partial charge on any atom is -0.468 e. The standard InChI is InChI=1S/C11H21NO3/c1-9(8-14-3)12-7-5-6-11(12,2)10(13)15-4/h9H,5-8H2,1-4H3/t9?,11-/m1/s1. The minimum absolute atomic E-state index is 0.136. The monoisotopic (exact) mass is 215 g/mol. The molecular formula is C11H21NO3. The Morgan fingerprint density at radius 1 is 1.53 bits per heavy atom. The average molecular weight is 215 g/mol. The van der Waals surface area contributed by atoms with Gasteiger partial charge in [0.15, 0.2) is 0 Å². The van der Waals surface area contributed by atoms with Gasteiger partial charge < -0.3 is 9.47 Å². The molecule has 4 heteroatoms. The summed E-state index contributed by atoms with van der Waals surface area (Å²) in [7, 11) is 3.13. The van der Waals surface area contributed by atoms with Crippen molar-refractivity contribution in [2.24, 2.45) is 0 Å². The predicted octanol–water partition coefficient (Wildman–Crippen LogP) is 1.05. The fourth-order valence-electron chi connectivity index (χ4n) is 2.46. The molecule has 0 saturated carbocycles. The quantitative estimate of drug-likeness (QED) is 0.657. The maximum absolute atomic E-state index is 11.8. The molecule has 0 bridgehead atoms. The van der Waals surface area contributed by atoms with Gasteiger partial charge in [-0.1, -0.05) is 0 Å². The maximum atomic E-state index is 11.8. The summed E-state index contributed by atoms with van der Waals surface area (Å²) in [5, 5.41) is 0. The summed E-state index contributed by atoms with van der Waals surface area (Å²) in [5.41, 5.74) is -0.466. The zero-order chi connectivity index (χ0) is 11.5. The lowest BCUT2D eigenvalue weighted by Gasteiger charge is -2.36. The van der Waals surface area contributed by atoms with Gasteiger partial charge in [-0.05, 0) is 33.2 Å². The van der Waals surface area contributed by atoms with E-state index in [0.29, 0.717) is 6.61 Å². The normalized spacial score (nSPS) is 29.1. The Morgan fingerprint density at radius 3 is 2.73 bits per heavy atom. The molecule has 0 aromatic heterocycles. The zero-order valence-electron chi connectivity index (χ0n) is 10.1. The molecule has 2 atom stereocenters. The first-order valence-corrected chi connectivity index (χ1v) is 5.40. The van der Waals surface area contributed by atoms with Gasteiger partial charge in [-0.3, -0.25) is 9.69 Å². The fourth-order valence-corrected chi connectivity index (χ4v) is 2.46. The molecule has 88 valence electrons. The van der Waals surface area contributed by atoms with Gasteiger partial charge in [0, 0.05) is 13.2 Å². The van der Waals surface area contributed by atoms with E-state index in [1.165, 1.54) is 7.11 Å². The highest BCUT2D eigenvalue weighted by molar-refractivity contribution is 5.80. The van der Waals surface area contributed by atoms with Crippen LogP contribution in [0.5, 0.6) is 0 Å². The van der Waals surface area contributed by atoms with E-state index in [0.717, 1.165) is 19.4 Å². The van der Waals surface area contributed by atoms with Crippen LogP contribution in [0, 0.1) is 0 Å². The summed E-state index contributed by atoms with van der Waals surface area (Å²) >= 11 is 0. The first kappa shape index (κ1) is 12.5. The number of ether oxygens (including phenoxy) is 2. The highest BCUT2D eigenvalue weighted by atomic mass is 16.5. The van der Waals surface area contributed by atoms with E-state index in [2.05, 4.69) is 11.8 Å². The fraction of sp³-hybridized carbons (Fsp3) is 0.909. The van der Waals surface area contributed by atoms with Crippen molar-refractivity contribution >= 4 is 5.97 Å². The second-order valence-corrected chi connectivity index (χ2v) is 4.37. The second-order valence-electron chi connectivity index (χ2n) is 4.37. The van der Waals surface area contributed by atoms with Crippen molar-refractivity contribution in [3.8, 4) is 0 Å². The lowest BCUT2D eigenvalue weighted by molar-refractivity contribution is -0.154. The zero-order valence-corrected chi connectivity index (χ0v) is 10.1. The SMILES string of the molecule is COCC(C)N1CCC[C@]1(C)C(=O)OC. The van der Waals surface area contributed by atoms with Crippen molar-refractivity contribution < 1.29 is 14.3 Å². The molecule has 1 aliphatic heterocycles. The van der Waals surface area contributed by atoms with Gasteiger partial charge in [-0.15, -0.1) is 0 Å². The van der Waals surface area contributed by atoms with Gasteiger partial charge >= 0.3 is 5.97 Å². The lowest BCUT2D eigenvalue weighted by Crippen LogP contribution is -2.53. The van der Waals surface area contributed by atoms with Crippen molar-refractivity contribution in [2.45, 2.75) is 38.3 Å². The molecule has 4 nitrogen and oxygen atoms in total. The molecule has 0 aliphatic carbocycles. The number of hydrogen-bond acceptors (Lipinski definition) is 4. The first-order valence-electron chi connectivity index (χ1n) is 5.40. The highest BCUT2D eigenvalue weighted by Crippen LogP contribution is 2.31. The number of esters is 1. The van der Waals surface area contributed by atoms with E-state index in [1.807, 2.05) is 6.92 Å². The molecule has 1 aliphatic rings. The van der Waals surface area contributed by atoms with Crippen molar-refractivity contribution in [2.75, 3.05) is 27.4 Å². The molecule has 0 aromatic rings. The van der Waals surface area contributed by atoms with E-state index in [-0.39, 0.29) is 12.0 Å². The van der Waals surface area contributed by atoms with Crippen molar-refractivity contribution in [1.82, 2.24) is 4.90 Å². The smallest absolute Gasteiger partial charge is 0.326 e. The lowest BCUT2D eigenvalue weighted by atomic mass is 9.98. The number of nitrogens with zero attached hydrogens (tertiary/aromatic N) is 1. The number of hydrogen-bond donors (Lipinski definition) is 0. The predicted molar refractivity (Wildman–Crippen MR) is 57.7 cm³/mol. The first-order chi connectivity index (χ1) is 7.06. The number of likely N-dealkylation sites (tertiary alicyclic amines) is 1. The van der Waals surface area contributed by atoms with Gasteiger partial charge in [0.25, 0.3) is 0 Å². The number of rotatable bonds is 4. The van der Waals surface area contributed by atoms with Gasteiger partial charge in [0.1, 0.15) is 5.54 Å². The van der Waals surface area contributed by atoms with Crippen molar-refractivity contribution in [1.29, 1.82) is 0 Å². The molecule has 1 fully saturated rings. The third kappa shape index (κ3) is 2.32. The summed E-state index contributed by atoms with van der Waals surface area (Å²) in [5.74, 6) is -0.136. The Balaban J connectivity index is 2.75. The Bertz CT molecular complexity index is 232. The molecule has 0 N–H and O–H groups in total. The van der Waals surface area contributed by atoms with E-state index < -0.39 is 5.54 Å². The van der Waals surface area contributed by atoms with Crippen LogP contribution in [0.2, 0.25) is 0 Å². The third-order valence-corrected chi connectivity index (χ3v) is 3.26. The number of carbonyl (C=O) groups is 1. The molecule has 1 heterocycles. The number of methoxy groups -OCH3 is 2. The van der Waals surface area contributed by atoms with Crippen molar-refractivity contribution in [3.05, 3.63) is 0 Å². The van der Waals surface area contributed by atoms with Crippen LogP contribution in [0.1, 0.15) is 26.7 Å². The highest BCUT2D eigenvalue weighted by Gasteiger charge is 2.45. The van der Waals surface area contributed by atoms with E-state index >= 15 is 0 Å². The van der Waals surface area contributed by atoms with Crippen LogP contribution in [0.25, 0.3) is 0 Å². The molecule has 1 saturated heterocycles. The van der Waals surface area contributed by atoms with Crippen LogP contribution in [0.3, 0.4) is 0 Å². The van der Waals surface area contributed by atoms with Gasteiger partial charge in [0.05, 0.1) is 13.7 Å². The van der Waals surface area contributed by atoms with Gasteiger partial charge in [-0.25, -0.2) is 0 Å². The van der Waals surface area contributed by atoms with Crippen LogP contribution in [-0.4, -0.2) is 49.8 Å². The van der Waals surface area contributed by atoms with E-state index in [1.54, 1.807) is 7.11 Å². The number of carbonyl (C=O) groups excluding carboxylic acids is 1. The molecule has 15 heavy (non-hydrogen) atoms.